The Balaban J connectivity index is 1.99. The van der Waals surface area contributed by atoms with Crippen LogP contribution in [0, 0.1) is 5.82 Å². The number of thioether (sulfide) groups is 1. The quantitative estimate of drug-likeness (QED) is 0.416. The molecule has 0 bridgehead atoms. The van der Waals surface area contributed by atoms with Crippen LogP contribution in [-0.4, -0.2) is 24.4 Å². The van der Waals surface area contributed by atoms with Crippen molar-refractivity contribution in [1.29, 1.82) is 0 Å². The van der Waals surface area contributed by atoms with Crippen LogP contribution in [0.1, 0.15) is 22.8 Å². The van der Waals surface area contributed by atoms with Gasteiger partial charge in [0.15, 0.2) is 5.78 Å². The molecule has 2 aromatic carbocycles. The maximum atomic E-state index is 13.3. The van der Waals surface area contributed by atoms with E-state index >= 15 is 0 Å². The van der Waals surface area contributed by atoms with E-state index in [0.29, 0.717) is 33.1 Å². The summed E-state index contributed by atoms with van der Waals surface area (Å²) in [6, 6.07) is 9.89. The Morgan fingerprint density at radius 3 is 2.77 bits per heavy atom. The minimum absolute atomic E-state index is 0.120. The number of nitrogens with one attached hydrogen (secondary N) is 1. The molecule has 1 heterocycles. The SMILES string of the molecule is Bc1ccc(Cl)c2c(=O)c(C(C)=O)c(SCCc3cccc(F)c3)[nH]c12. The van der Waals surface area contributed by atoms with Crippen LogP contribution in [0.2, 0.25) is 5.02 Å². The molecule has 1 N–H and O–H groups in total. The van der Waals surface area contributed by atoms with Gasteiger partial charge in [-0.3, -0.25) is 9.59 Å². The number of Topliss-reactive ketones (excluding diaryl/α,β-unsaturated/α-hetero) is 1. The monoisotopic (exact) mass is 387 g/mol. The lowest BCUT2D eigenvalue weighted by atomic mass is 9.92. The summed E-state index contributed by atoms with van der Waals surface area (Å²) in [5.74, 6) is 0.0189. The van der Waals surface area contributed by atoms with Gasteiger partial charge in [-0.2, -0.15) is 0 Å². The molecule has 0 spiro atoms. The van der Waals surface area contributed by atoms with E-state index in [-0.39, 0.29) is 22.6 Å². The normalized spacial score (nSPS) is 11.0. The highest BCUT2D eigenvalue weighted by atomic mass is 35.5. The summed E-state index contributed by atoms with van der Waals surface area (Å²) < 4.78 is 13.3. The fraction of sp³-hybridized carbons (Fsp3) is 0.158. The zero-order valence-electron chi connectivity index (χ0n) is 14.4. The molecule has 0 aliphatic carbocycles. The molecule has 0 fully saturated rings. The van der Waals surface area contributed by atoms with Gasteiger partial charge >= 0.3 is 0 Å². The molecule has 7 heteroatoms. The van der Waals surface area contributed by atoms with Gasteiger partial charge in [-0.1, -0.05) is 35.3 Å². The van der Waals surface area contributed by atoms with Crippen LogP contribution in [0.15, 0.2) is 46.2 Å². The van der Waals surface area contributed by atoms with Crippen LogP contribution >= 0.6 is 23.4 Å². The Bertz CT molecular complexity index is 1070. The van der Waals surface area contributed by atoms with Crippen LogP contribution in [0.25, 0.3) is 10.9 Å². The number of ketones is 1. The van der Waals surface area contributed by atoms with E-state index in [9.17, 15) is 14.0 Å². The first kappa shape index (κ1) is 18.7. The number of hydrogen-bond acceptors (Lipinski definition) is 3. The second kappa shape index (κ2) is 7.68. The second-order valence-corrected chi connectivity index (χ2v) is 7.57. The molecule has 0 aliphatic heterocycles. The van der Waals surface area contributed by atoms with Crippen molar-refractivity contribution >= 4 is 53.4 Å². The molecule has 1 aromatic heterocycles. The van der Waals surface area contributed by atoms with E-state index < -0.39 is 0 Å². The maximum absolute atomic E-state index is 13.3. The van der Waals surface area contributed by atoms with Gasteiger partial charge < -0.3 is 4.98 Å². The Labute approximate surface area is 160 Å². The predicted molar refractivity (Wildman–Crippen MR) is 109 cm³/mol. The van der Waals surface area contributed by atoms with Crippen LogP contribution in [0.3, 0.4) is 0 Å². The molecule has 0 atom stereocenters. The lowest BCUT2D eigenvalue weighted by Gasteiger charge is -2.12. The number of carbonyl (C=O) groups is 1. The van der Waals surface area contributed by atoms with E-state index in [1.54, 1.807) is 12.1 Å². The van der Waals surface area contributed by atoms with Crippen molar-refractivity contribution in [2.24, 2.45) is 0 Å². The number of fused-ring (bicyclic) bond motifs is 1. The highest BCUT2D eigenvalue weighted by molar-refractivity contribution is 7.99. The summed E-state index contributed by atoms with van der Waals surface area (Å²) in [4.78, 5) is 28.1. The Morgan fingerprint density at radius 2 is 2.08 bits per heavy atom. The largest absolute Gasteiger partial charge is 0.349 e. The second-order valence-electron chi connectivity index (χ2n) is 6.06. The molecular weight excluding hydrogens is 372 g/mol. The van der Waals surface area contributed by atoms with Gasteiger partial charge in [-0.25, -0.2) is 4.39 Å². The van der Waals surface area contributed by atoms with Crippen molar-refractivity contribution in [3.8, 4) is 0 Å². The summed E-state index contributed by atoms with van der Waals surface area (Å²) in [5, 5.41) is 1.19. The lowest BCUT2D eigenvalue weighted by Crippen LogP contribution is -2.20. The first-order chi connectivity index (χ1) is 12.4. The maximum Gasteiger partial charge on any atom is 0.202 e. The first-order valence-electron chi connectivity index (χ1n) is 8.11. The average molecular weight is 388 g/mol. The standard InChI is InChI=1S/C19H16BClFNO2S/c1-10(24)15-18(25)16-14(21)6-5-13(20)17(16)23-19(15)26-8-7-11-3-2-4-12(22)9-11/h2-6,9H,7-8,20H2,1H3,(H,23,25). The smallest absolute Gasteiger partial charge is 0.202 e. The van der Waals surface area contributed by atoms with Gasteiger partial charge in [0.2, 0.25) is 5.43 Å². The molecule has 0 amide bonds. The molecule has 0 unspecified atom stereocenters. The van der Waals surface area contributed by atoms with E-state index in [4.69, 9.17) is 11.6 Å². The number of hydrogen-bond donors (Lipinski definition) is 1. The summed E-state index contributed by atoms with van der Waals surface area (Å²) >= 11 is 7.57. The minimum atomic E-state index is -0.354. The van der Waals surface area contributed by atoms with Crippen molar-refractivity contribution in [3.05, 3.63) is 68.6 Å². The summed E-state index contributed by atoms with van der Waals surface area (Å²) in [5.41, 5.74) is 2.15. The predicted octanol–water partition coefficient (Wildman–Crippen LogP) is 3.12. The van der Waals surface area contributed by atoms with Crippen molar-refractivity contribution in [3.63, 3.8) is 0 Å². The number of aromatic amines is 1. The van der Waals surface area contributed by atoms with Crippen LogP contribution < -0.4 is 10.9 Å². The number of H-pyrrole nitrogens is 1. The van der Waals surface area contributed by atoms with E-state index in [0.717, 1.165) is 11.0 Å². The van der Waals surface area contributed by atoms with Gasteiger partial charge in [-0.05, 0) is 37.1 Å². The summed E-state index contributed by atoms with van der Waals surface area (Å²) in [6.07, 6.45) is 0.619. The number of rotatable bonds is 5. The number of halogens is 2. The zero-order chi connectivity index (χ0) is 18.8. The van der Waals surface area contributed by atoms with Gasteiger partial charge in [-0.15, -0.1) is 11.8 Å². The van der Waals surface area contributed by atoms with Crippen LogP contribution in [-0.2, 0) is 6.42 Å². The number of aromatic nitrogens is 1. The Kier molecular flexibility index (Phi) is 5.54. The molecule has 3 nitrogen and oxygen atoms in total. The fourth-order valence-corrected chi connectivity index (χ4v) is 4.20. The van der Waals surface area contributed by atoms with Crippen LogP contribution in [0.4, 0.5) is 4.39 Å². The Hall–Kier alpha value is -2.05. The van der Waals surface area contributed by atoms with E-state index in [1.165, 1.54) is 30.8 Å². The molecular formula is C19H16BClFNO2S. The topological polar surface area (TPSA) is 49.9 Å². The van der Waals surface area contributed by atoms with Gasteiger partial charge in [0, 0.05) is 11.3 Å². The van der Waals surface area contributed by atoms with Crippen molar-refractivity contribution < 1.29 is 9.18 Å². The molecule has 26 heavy (non-hydrogen) atoms. The number of pyridine rings is 1. The lowest BCUT2D eigenvalue weighted by molar-refractivity contribution is 0.101. The molecule has 0 saturated heterocycles. The zero-order valence-corrected chi connectivity index (χ0v) is 15.9. The fourth-order valence-electron chi connectivity index (χ4n) is 2.86. The minimum Gasteiger partial charge on any atom is -0.349 e. The number of carbonyl (C=O) groups excluding carboxylic acids is 1. The summed E-state index contributed by atoms with van der Waals surface area (Å²) in [6.45, 7) is 1.37. The number of benzene rings is 2. The highest BCUT2D eigenvalue weighted by Gasteiger charge is 2.18. The third-order valence-corrected chi connectivity index (χ3v) is 5.48. The molecule has 132 valence electrons. The van der Waals surface area contributed by atoms with Crippen molar-refractivity contribution in [1.82, 2.24) is 4.98 Å². The molecule has 0 aliphatic rings. The molecule has 0 radical (unpaired) electrons. The molecule has 0 saturated carbocycles. The van der Waals surface area contributed by atoms with Gasteiger partial charge in [0.25, 0.3) is 0 Å². The molecule has 3 aromatic rings. The average Bonchev–Trinajstić information content (AvgIpc) is 2.58. The third kappa shape index (κ3) is 3.71. The molecule has 3 rings (SSSR count). The van der Waals surface area contributed by atoms with Gasteiger partial charge in [0.05, 0.1) is 21.0 Å². The van der Waals surface area contributed by atoms with E-state index in [2.05, 4.69) is 4.98 Å². The summed E-state index contributed by atoms with van der Waals surface area (Å²) in [7, 11) is 1.88. The van der Waals surface area contributed by atoms with Crippen LogP contribution in [0.5, 0.6) is 0 Å². The first-order valence-corrected chi connectivity index (χ1v) is 9.48. The Morgan fingerprint density at radius 1 is 1.31 bits per heavy atom. The van der Waals surface area contributed by atoms with Gasteiger partial charge in [0.1, 0.15) is 13.7 Å². The third-order valence-electron chi connectivity index (χ3n) is 4.16. The van der Waals surface area contributed by atoms with Crippen molar-refractivity contribution in [2.45, 2.75) is 18.4 Å². The van der Waals surface area contributed by atoms with Crippen molar-refractivity contribution in [2.75, 3.05) is 5.75 Å². The number of aryl methyl sites for hydroxylation is 1. The van der Waals surface area contributed by atoms with E-state index in [1.807, 2.05) is 20.0 Å². The highest BCUT2D eigenvalue weighted by Crippen LogP contribution is 2.25.